The van der Waals surface area contributed by atoms with Gasteiger partial charge in [-0.2, -0.15) is 0 Å². The summed E-state index contributed by atoms with van der Waals surface area (Å²) in [5.41, 5.74) is 0.735. The summed E-state index contributed by atoms with van der Waals surface area (Å²) in [5.74, 6) is -0.695. The highest BCUT2D eigenvalue weighted by atomic mass is 35.5. The van der Waals surface area contributed by atoms with Crippen molar-refractivity contribution >= 4 is 69.9 Å². The predicted octanol–water partition coefficient (Wildman–Crippen LogP) is 5.55. The number of benzene rings is 1. The number of carbonyl (C=O) groups is 1. The van der Waals surface area contributed by atoms with Gasteiger partial charge in [-0.3, -0.25) is 0 Å². The zero-order valence-corrected chi connectivity index (χ0v) is 13.4. The van der Waals surface area contributed by atoms with E-state index in [0.717, 1.165) is 11.3 Å². The average molecular weight is 369 g/mol. The van der Waals surface area contributed by atoms with E-state index in [-0.39, 0.29) is 9.90 Å². The summed E-state index contributed by atoms with van der Waals surface area (Å²) >= 11 is 24.3. The van der Waals surface area contributed by atoms with Gasteiger partial charge in [0.1, 0.15) is 4.34 Å². The van der Waals surface area contributed by atoms with Gasteiger partial charge in [0, 0.05) is 10.6 Å². The Morgan fingerprint density at radius 1 is 1.20 bits per heavy atom. The summed E-state index contributed by atoms with van der Waals surface area (Å²) in [7, 11) is 0. The molecule has 0 N–H and O–H groups in total. The fourth-order valence-corrected chi connectivity index (χ4v) is 3.16. The van der Waals surface area contributed by atoms with Crippen molar-refractivity contribution in [1.82, 2.24) is 0 Å². The van der Waals surface area contributed by atoms with Crippen LogP contribution < -0.4 is 0 Å². The van der Waals surface area contributed by atoms with Gasteiger partial charge in [0.05, 0.1) is 21.1 Å². The molecule has 0 amide bonds. The first-order chi connectivity index (χ1) is 9.47. The normalized spacial score (nSPS) is 11.0. The van der Waals surface area contributed by atoms with Gasteiger partial charge in [-0.1, -0.05) is 57.6 Å². The van der Waals surface area contributed by atoms with Crippen LogP contribution in [0, 0.1) is 0 Å². The topological polar surface area (TPSA) is 38.7 Å². The van der Waals surface area contributed by atoms with Crippen LogP contribution in [-0.4, -0.2) is 12.2 Å². The fourth-order valence-electron chi connectivity index (χ4n) is 1.27. The molecule has 0 spiro atoms. The molecule has 20 heavy (non-hydrogen) atoms. The van der Waals surface area contributed by atoms with Crippen molar-refractivity contribution in [1.29, 1.82) is 0 Å². The van der Waals surface area contributed by atoms with Gasteiger partial charge >= 0.3 is 5.97 Å². The van der Waals surface area contributed by atoms with Crippen LogP contribution in [0.3, 0.4) is 0 Å². The molecule has 0 aliphatic rings. The van der Waals surface area contributed by atoms with Gasteiger partial charge in [-0.05, 0) is 18.2 Å². The number of carbonyl (C=O) groups excluding carboxylic acids is 1. The maximum absolute atomic E-state index is 11.7. The molecule has 8 heteroatoms. The van der Waals surface area contributed by atoms with Gasteiger partial charge in [-0.15, -0.1) is 11.3 Å². The molecule has 0 aliphatic carbocycles. The summed E-state index contributed by atoms with van der Waals surface area (Å²) < 4.78 is 0.645. The first-order valence-electron chi connectivity index (χ1n) is 5.12. The molecule has 0 bridgehead atoms. The molecular formula is C12H5Cl4NO2S. The third-order valence-electron chi connectivity index (χ3n) is 2.17. The lowest BCUT2D eigenvalue weighted by Crippen LogP contribution is -2.00. The Morgan fingerprint density at radius 2 is 1.95 bits per heavy atom. The quantitative estimate of drug-likeness (QED) is 0.404. The van der Waals surface area contributed by atoms with Crippen molar-refractivity contribution in [3.8, 4) is 0 Å². The molecule has 0 saturated heterocycles. The lowest BCUT2D eigenvalue weighted by atomic mass is 10.2. The maximum atomic E-state index is 11.7. The lowest BCUT2D eigenvalue weighted by molar-refractivity contribution is 0.0520. The summed E-state index contributed by atoms with van der Waals surface area (Å²) in [6.45, 7) is 0. The van der Waals surface area contributed by atoms with E-state index in [0.29, 0.717) is 19.9 Å². The van der Waals surface area contributed by atoms with E-state index >= 15 is 0 Å². The number of hydrogen-bond acceptors (Lipinski definition) is 4. The van der Waals surface area contributed by atoms with Crippen molar-refractivity contribution in [3.05, 3.63) is 54.1 Å². The first kappa shape index (κ1) is 15.6. The molecule has 1 aromatic heterocycles. The SMILES string of the molecule is O=C(O/N=C\c1ccc(Cl)cc1Cl)c1cc(Cl)sc1Cl. The van der Waals surface area contributed by atoms with E-state index in [4.69, 9.17) is 51.2 Å². The first-order valence-corrected chi connectivity index (χ1v) is 7.45. The molecule has 104 valence electrons. The number of nitrogens with zero attached hydrogens (tertiary/aromatic N) is 1. The molecule has 2 rings (SSSR count). The molecule has 0 saturated carbocycles. The second kappa shape index (κ2) is 6.78. The summed E-state index contributed by atoms with van der Waals surface area (Å²) in [6.07, 6.45) is 1.30. The minimum Gasteiger partial charge on any atom is -0.313 e. The zero-order valence-electron chi connectivity index (χ0n) is 9.57. The molecule has 0 fully saturated rings. The van der Waals surface area contributed by atoms with Crippen LogP contribution in [0.15, 0.2) is 29.4 Å². The Hall–Kier alpha value is -0.780. The molecule has 1 heterocycles. The highest BCUT2D eigenvalue weighted by molar-refractivity contribution is 7.20. The molecule has 0 unspecified atom stereocenters. The zero-order chi connectivity index (χ0) is 14.7. The van der Waals surface area contributed by atoms with Crippen molar-refractivity contribution in [2.45, 2.75) is 0 Å². The molecular weight excluding hydrogens is 364 g/mol. The predicted molar refractivity (Wildman–Crippen MR) is 83.8 cm³/mol. The largest absolute Gasteiger partial charge is 0.368 e. The lowest BCUT2D eigenvalue weighted by Gasteiger charge is -1.98. The van der Waals surface area contributed by atoms with E-state index in [1.54, 1.807) is 18.2 Å². The molecule has 0 radical (unpaired) electrons. The Kier molecular flexibility index (Phi) is 5.29. The summed E-state index contributed by atoms with van der Waals surface area (Å²) in [4.78, 5) is 16.4. The van der Waals surface area contributed by atoms with Crippen LogP contribution in [0.2, 0.25) is 18.7 Å². The van der Waals surface area contributed by atoms with Crippen LogP contribution in [0.4, 0.5) is 0 Å². The average Bonchev–Trinajstić information content (AvgIpc) is 2.71. The highest BCUT2D eigenvalue weighted by Gasteiger charge is 2.15. The van der Waals surface area contributed by atoms with Gasteiger partial charge < -0.3 is 4.84 Å². The fraction of sp³-hybridized carbons (Fsp3) is 0. The van der Waals surface area contributed by atoms with Crippen molar-refractivity contribution in [2.24, 2.45) is 5.16 Å². The number of halogens is 4. The van der Waals surface area contributed by atoms with E-state index < -0.39 is 5.97 Å². The summed E-state index contributed by atoms with van der Waals surface area (Å²) in [5, 5.41) is 4.46. The van der Waals surface area contributed by atoms with Crippen LogP contribution in [0.1, 0.15) is 15.9 Å². The standard InChI is InChI=1S/C12H5Cl4NO2S/c13-7-2-1-6(9(14)3-7)5-17-19-12(18)8-4-10(15)20-11(8)16/h1-5H/b17-5-. The second-order valence-corrected chi connectivity index (χ2v) is 6.65. The van der Waals surface area contributed by atoms with Crippen molar-refractivity contribution in [2.75, 3.05) is 0 Å². The third kappa shape index (κ3) is 3.87. The highest BCUT2D eigenvalue weighted by Crippen LogP contribution is 2.31. The summed E-state index contributed by atoms with van der Waals surface area (Å²) in [6, 6.07) is 6.27. The Labute approximate surface area is 138 Å². The van der Waals surface area contributed by atoms with Gasteiger partial charge in [0.15, 0.2) is 0 Å². The number of hydrogen-bond donors (Lipinski definition) is 0. The maximum Gasteiger partial charge on any atom is 0.368 e. The van der Waals surface area contributed by atoms with Crippen molar-refractivity contribution < 1.29 is 9.63 Å². The number of oxime groups is 1. The molecule has 1 aromatic carbocycles. The Balaban J connectivity index is 2.06. The van der Waals surface area contributed by atoms with Gasteiger partial charge in [-0.25, -0.2) is 4.79 Å². The second-order valence-electron chi connectivity index (χ2n) is 3.52. The van der Waals surface area contributed by atoms with Crippen molar-refractivity contribution in [3.63, 3.8) is 0 Å². The minimum atomic E-state index is -0.695. The number of thiophene rings is 1. The Bertz CT molecular complexity index is 684. The van der Waals surface area contributed by atoms with Crippen LogP contribution >= 0.6 is 57.7 Å². The van der Waals surface area contributed by atoms with E-state index in [1.165, 1.54) is 12.3 Å². The third-order valence-corrected chi connectivity index (χ3v) is 4.22. The van der Waals surface area contributed by atoms with E-state index in [9.17, 15) is 4.79 Å². The molecule has 3 nitrogen and oxygen atoms in total. The van der Waals surface area contributed by atoms with Crippen LogP contribution in [0.25, 0.3) is 0 Å². The molecule has 0 aliphatic heterocycles. The van der Waals surface area contributed by atoms with Gasteiger partial charge in [0.2, 0.25) is 0 Å². The Morgan fingerprint density at radius 3 is 2.55 bits per heavy atom. The van der Waals surface area contributed by atoms with E-state index in [1.807, 2.05) is 0 Å². The molecule has 0 atom stereocenters. The molecule has 2 aromatic rings. The smallest absolute Gasteiger partial charge is 0.313 e. The number of rotatable bonds is 3. The minimum absolute atomic E-state index is 0.168. The van der Waals surface area contributed by atoms with Crippen LogP contribution in [0.5, 0.6) is 0 Å². The monoisotopic (exact) mass is 367 g/mol. The van der Waals surface area contributed by atoms with Gasteiger partial charge in [0.25, 0.3) is 0 Å². The van der Waals surface area contributed by atoms with Crippen LogP contribution in [-0.2, 0) is 4.84 Å². The van der Waals surface area contributed by atoms with E-state index in [2.05, 4.69) is 5.16 Å².